The van der Waals surface area contributed by atoms with Crippen molar-refractivity contribution in [2.24, 2.45) is 7.05 Å². The van der Waals surface area contributed by atoms with Gasteiger partial charge in [0.1, 0.15) is 11.3 Å². The Kier molecular flexibility index (Phi) is 6.94. The number of nitrogens with one attached hydrogen (secondary N) is 2. The molecule has 13 nitrogen and oxygen atoms in total. The number of carbonyl (C=O) groups is 2. The van der Waals surface area contributed by atoms with Gasteiger partial charge in [-0.25, -0.2) is 23.7 Å². The quantitative estimate of drug-likeness (QED) is 0.335. The third-order valence-electron chi connectivity index (χ3n) is 6.60. The maximum Gasteiger partial charge on any atom is 0.277 e. The van der Waals surface area contributed by atoms with E-state index in [-0.39, 0.29) is 58.9 Å². The van der Waals surface area contributed by atoms with Crippen LogP contribution in [-0.2, 0) is 11.8 Å². The summed E-state index contributed by atoms with van der Waals surface area (Å²) in [6, 6.07) is 2.85. The molecule has 1 aromatic carbocycles. The molecule has 1 saturated heterocycles. The van der Waals surface area contributed by atoms with Crippen LogP contribution in [0.5, 0.6) is 11.6 Å². The highest BCUT2D eigenvalue weighted by atomic mass is 19.1. The molecule has 4 aromatic rings. The Morgan fingerprint density at radius 1 is 1.15 bits per heavy atom. The number of aromatic amines is 1. The lowest BCUT2D eigenvalue weighted by Crippen LogP contribution is -2.61. The predicted octanol–water partition coefficient (Wildman–Crippen LogP) is 2.21. The third-order valence-corrected chi connectivity index (χ3v) is 6.60. The number of nitrogens with zero attached hydrogens (tertiary/aromatic N) is 7. The summed E-state index contributed by atoms with van der Waals surface area (Å²) in [5, 5.41) is 6.85. The number of rotatable bonds is 6. The second-order valence-corrected chi connectivity index (χ2v) is 9.91. The maximum atomic E-state index is 13.8. The van der Waals surface area contributed by atoms with E-state index < -0.39 is 28.6 Å². The molecule has 2 amide bonds. The first kappa shape index (κ1) is 27.4. The summed E-state index contributed by atoms with van der Waals surface area (Å²) >= 11 is 0. The molecular formula is C26H25F2N9O4. The normalized spacial score (nSPS) is 14.7. The van der Waals surface area contributed by atoms with Crippen molar-refractivity contribution in [2.45, 2.75) is 19.4 Å². The molecule has 5 rings (SSSR count). The molecule has 4 heterocycles. The molecule has 1 fully saturated rings. The van der Waals surface area contributed by atoms with Gasteiger partial charge in [0, 0.05) is 32.7 Å². The monoisotopic (exact) mass is 565 g/mol. The number of aromatic nitrogens is 6. The molecule has 0 saturated carbocycles. The van der Waals surface area contributed by atoms with Gasteiger partial charge in [0.2, 0.25) is 5.88 Å². The Morgan fingerprint density at radius 2 is 1.93 bits per heavy atom. The number of fused-ring (bicyclic) bond motifs is 1. The second kappa shape index (κ2) is 10.4. The lowest BCUT2D eigenvalue weighted by Gasteiger charge is -2.47. The van der Waals surface area contributed by atoms with E-state index in [1.807, 2.05) is 13.8 Å². The van der Waals surface area contributed by atoms with Gasteiger partial charge in [0.05, 0.1) is 30.0 Å². The summed E-state index contributed by atoms with van der Waals surface area (Å²) in [6.45, 7) is 8.46. The minimum absolute atomic E-state index is 0.0598. The standard InChI is InChI=1S/C26H25F2N9O4/c1-14(23(38)33-18-10-30-19(11-29-18)41-17-6-5-15(27)9-16(17)28)36-7-8-37(26(2,3)12-36)25(40)21-20-22(35(4)34-21)24(39)32-13-31-20/h5-6,9-11,13H,1,7-8,12H2,2-4H3,(H,29,33,38)(H,31,32,39). The van der Waals surface area contributed by atoms with Gasteiger partial charge in [0.25, 0.3) is 17.4 Å². The lowest BCUT2D eigenvalue weighted by molar-refractivity contribution is -0.114. The first-order chi connectivity index (χ1) is 19.4. The zero-order valence-electron chi connectivity index (χ0n) is 22.3. The summed E-state index contributed by atoms with van der Waals surface area (Å²) in [7, 11) is 1.57. The summed E-state index contributed by atoms with van der Waals surface area (Å²) in [4.78, 5) is 56.7. The Bertz CT molecular complexity index is 1730. The minimum atomic E-state index is -0.898. The van der Waals surface area contributed by atoms with E-state index in [1.54, 1.807) is 16.8 Å². The molecule has 212 valence electrons. The van der Waals surface area contributed by atoms with Crippen LogP contribution >= 0.6 is 0 Å². The fourth-order valence-electron chi connectivity index (χ4n) is 4.58. The number of benzene rings is 1. The smallest absolute Gasteiger partial charge is 0.277 e. The molecule has 1 aliphatic rings. The summed E-state index contributed by atoms with van der Waals surface area (Å²) in [5.41, 5.74) is -0.509. The molecule has 2 N–H and O–H groups in total. The molecule has 41 heavy (non-hydrogen) atoms. The highest BCUT2D eigenvalue weighted by Crippen LogP contribution is 2.27. The zero-order chi connectivity index (χ0) is 29.5. The molecule has 0 radical (unpaired) electrons. The van der Waals surface area contributed by atoms with Gasteiger partial charge in [-0.15, -0.1) is 0 Å². The van der Waals surface area contributed by atoms with Crippen LogP contribution in [-0.4, -0.2) is 76.5 Å². The van der Waals surface area contributed by atoms with Gasteiger partial charge in [-0.1, -0.05) is 6.58 Å². The van der Waals surface area contributed by atoms with Crippen LogP contribution in [0.15, 0.2) is 54.0 Å². The van der Waals surface area contributed by atoms with E-state index in [0.29, 0.717) is 12.6 Å². The lowest BCUT2D eigenvalue weighted by atomic mass is 9.97. The fraction of sp³-hybridized carbons (Fsp3) is 0.269. The maximum absolute atomic E-state index is 13.8. The molecule has 0 unspecified atom stereocenters. The highest BCUT2D eigenvalue weighted by molar-refractivity contribution is 6.04. The van der Waals surface area contributed by atoms with E-state index in [1.165, 1.54) is 23.4 Å². The van der Waals surface area contributed by atoms with Crippen LogP contribution < -0.4 is 15.6 Å². The van der Waals surface area contributed by atoms with Crippen LogP contribution in [0.25, 0.3) is 11.0 Å². The first-order valence-electron chi connectivity index (χ1n) is 12.4. The molecule has 0 atom stereocenters. The molecule has 0 spiro atoms. The number of halogens is 2. The van der Waals surface area contributed by atoms with Crippen LogP contribution in [0.3, 0.4) is 0 Å². The summed E-state index contributed by atoms with van der Waals surface area (Å²) < 4.78 is 33.5. The molecule has 0 aliphatic carbocycles. The molecule has 3 aromatic heterocycles. The van der Waals surface area contributed by atoms with Crippen molar-refractivity contribution in [1.29, 1.82) is 0 Å². The van der Waals surface area contributed by atoms with E-state index in [9.17, 15) is 23.2 Å². The van der Waals surface area contributed by atoms with Gasteiger partial charge in [0.15, 0.2) is 28.6 Å². The van der Waals surface area contributed by atoms with Crippen molar-refractivity contribution in [3.63, 3.8) is 0 Å². The third kappa shape index (κ3) is 5.33. The molecule has 1 aliphatic heterocycles. The van der Waals surface area contributed by atoms with Crippen LogP contribution in [0, 0.1) is 11.6 Å². The van der Waals surface area contributed by atoms with Crippen molar-refractivity contribution in [3.05, 3.63) is 76.9 Å². The number of piperazine rings is 1. The Labute approximate surface area is 231 Å². The van der Waals surface area contributed by atoms with E-state index in [0.717, 1.165) is 12.1 Å². The van der Waals surface area contributed by atoms with E-state index in [2.05, 4.69) is 36.9 Å². The first-order valence-corrected chi connectivity index (χ1v) is 12.4. The van der Waals surface area contributed by atoms with Crippen molar-refractivity contribution >= 4 is 28.7 Å². The van der Waals surface area contributed by atoms with E-state index >= 15 is 0 Å². The Morgan fingerprint density at radius 3 is 2.61 bits per heavy atom. The van der Waals surface area contributed by atoms with Gasteiger partial charge in [-0.3, -0.25) is 19.1 Å². The van der Waals surface area contributed by atoms with Crippen molar-refractivity contribution in [1.82, 2.24) is 39.5 Å². The van der Waals surface area contributed by atoms with Crippen molar-refractivity contribution in [2.75, 3.05) is 25.0 Å². The number of hydrogen-bond donors (Lipinski definition) is 2. The zero-order valence-corrected chi connectivity index (χ0v) is 22.3. The summed E-state index contributed by atoms with van der Waals surface area (Å²) in [5.74, 6) is -2.75. The Hall–Kier alpha value is -5.21. The minimum Gasteiger partial charge on any atom is -0.434 e. The SMILES string of the molecule is C=C(C(=O)Nc1cnc(Oc2ccc(F)cc2F)cn1)N1CCN(C(=O)c2nn(C)c3c(=O)[nH]cnc23)C(C)(C)C1. The number of anilines is 1. The number of aryl methyl sites for hydroxylation is 1. The van der Waals surface area contributed by atoms with Gasteiger partial charge >= 0.3 is 0 Å². The topological polar surface area (TPSA) is 151 Å². The van der Waals surface area contributed by atoms with Gasteiger partial charge < -0.3 is 24.8 Å². The van der Waals surface area contributed by atoms with Gasteiger partial charge in [-0.05, 0) is 26.0 Å². The van der Waals surface area contributed by atoms with Crippen molar-refractivity contribution < 1.29 is 23.1 Å². The predicted molar refractivity (Wildman–Crippen MR) is 142 cm³/mol. The van der Waals surface area contributed by atoms with Crippen molar-refractivity contribution in [3.8, 4) is 11.6 Å². The number of H-pyrrole nitrogens is 1. The van der Waals surface area contributed by atoms with E-state index in [4.69, 9.17) is 4.74 Å². The van der Waals surface area contributed by atoms with Crippen LogP contribution in [0.1, 0.15) is 24.3 Å². The second-order valence-electron chi connectivity index (χ2n) is 9.91. The van der Waals surface area contributed by atoms with Gasteiger partial charge in [-0.2, -0.15) is 5.10 Å². The number of ether oxygens (including phenoxy) is 1. The van der Waals surface area contributed by atoms with Crippen LogP contribution in [0.4, 0.5) is 14.6 Å². The van der Waals surface area contributed by atoms with Crippen LogP contribution in [0.2, 0.25) is 0 Å². The number of hydrogen-bond acceptors (Lipinski definition) is 9. The average Bonchev–Trinajstić information content (AvgIpc) is 3.27. The molecule has 0 bridgehead atoms. The summed E-state index contributed by atoms with van der Waals surface area (Å²) in [6.07, 6.45) is 3.63. The number of amides is 2. The Balaban J connectivity index is 1.23. The molecule has 15 heteroatoms. The molecular weight excluding hydrogens is 540 g/mol. The number of carbonyl (C=O) groups excluding carboxylic acids is 2. The average molecular weight is 566 g/mol. The highest BCUT2D eigenvalue weighted by Gasteiger charge is 2.40. The fourth-order valence-corrected chi connectivity index (χ4v) is 4.58. The largest absolute Gasteiger partial charge is 0.434 e.